The maximum absolute atomic E-state index is 11.2. The fraction of sp³-hybridized carbons (Fsp3) is 0.267. The van der Waals surface area contributed by atoms with Crippen molar-refractivity contribution in [3.63, 3.8) is 0 Å². The molecule has 7 heteroatoms. The zero-order valence-corrected chi connectivity index (χ0v) is 13.5. The van der Waals surface area contributed by atoms with Gasteiger partial charge in [0.05, 0.1) is 18.1 Å². The summed E-state index contributed by atoms with van der Waals surface area (Å²) in [5.41, 5.74) is 1.10. The molecular formula is C15H14BrN3O3. The van der Waals surface area contributed by atoms with Crippen LogP contribution in [0.15, 0.2) is 51.7 Å². The van der Waals surface area contributed by atoms with Crippen LogP contribution in [-0.2, 0) is 0 Å². The van der Waals surface area contributed by atoms with Crippen LogP contribution >= 0.6 is 15.9 Å². The third kappa shape index (κ3) is 2.64. The van der Waals surface area contributed by atoms with Gasteiger partial charge in [-0.1, -0.05) is 12.1 Å². The highest BCUT2D eigenvalue weighted by Crippen LogP contribution is 2.35. The van der Waals surface area contributed by atoms with E-state index < -0.39 is 4.92 Å². The van der Waals surface area contributed by atoms with Gasteiger partial charge in [-0.3, -0.25) is 15.1 Å². The van der Waals surface area contributed by atoms with Gasteiger partial charge in [0.2, 0.25) is 5.84 Å². The van der Waals surface area contributed by atoms with Crippen molar-refractivity contribution in [1.82, 2.24) is 4.90 Å². The molecule has 114 valence electrons. The molecule has 0 saturated heterocycles. The van der Waals surface area contributed by atoms with Gasteiger partial charge in [-0.2, -0.15) is 0 Å². The molecule has 2 heterocycles. The molecule has 0 aromatic heterocycles. The molecule has 6 nitrogen and oxygen atoms in total. The number of ether oxygens (including phenoxy) is 1. The number of rotatable bonds is 3. The average Bonchev–Trinajstić information content (AvgIpc) is 2.53. The lowest BCUT2D eigenvalue weighted by molar-refractivity contribution is -0.416. The molecule has 0 N–H and O–H groups in total. The van der Waals surface area contributed by atoms with Gasteiger partial charge in [0, 0.05) is 23.3 Å². The Labute approximate surface area is 136 Å². The summed E-state index contributed by atoms with van der Waals surface area (Å²) in [6, 6.07) is 7.78. The lowest BCUT2D eigenvalue weighted by Gasteiger charge is -2.35. The molecule has 3 rings (SSSR count). The zero-order chi connectivity index (χ0) is 15.7. The number of methoxy groups -OCH3 is 1. The van der Waals surface area contributed by atoms with E-state index in [2.05, 4.69) is 20.9 Å². The molecule has 1 atom stereocenters. The molecule has 0 spiro atoms. The van der Waals surface area contributed by atoms with Crippen molar-refractivity contribution in [3.05, 3.63) is 62.4 Å². The summed E-state index contributed by atoms with van der Waals surface area (Å²) in [6.07, 6.45) is 4.14. The molecule has 1 aromatic rings. The SMILES string of the molecule is COc1ccc(C2CCN=C3C([N+](=O)[O-])=CC(Br)=CN32)cc1. The first-order chi connectivity index (χ1) is 10.6. The summed E-state index contributed by atoms with van der Waals surface area (Å²) in [7, 11) is 1.62. The third-order valence-electron chi connectivity index (χ3n) is 3.71. The molecule has 0 fully saturated rings. The molecular weight excluding hydrogens is 350 g/mol. The molecule has 1 aromatic carbocycles. The van der Waals surface area contributed by atoms with Crippen LogP contribution in [0.25, 0.3) is 0 Å². The Morgan fingerprint density at radius 1 is 1.41 bits per heavy atom. The van der Waals surface area contributed by atoms with Crippen molar-refractivity contribution in [3.8, 4) is 5.75 Å². The highest BCUT2D eigenvalue weighted by molar-refractivity contribution is 9.11. The monoisotopic (exact) mass is 363 g/mol. The Morgan fingerprint density at radius 2 is 2.14 bits per heavy atom. The first kappa shape index (κ1) is 14.8. The largest absolute Gasteiger partial charge is 0.497 e. The van der Waals surface area contributed by atoms with E-state index in [1.54, 1.807) is 7.11 Å². The van der Waals surface area contributed by atoms with Gasteiger partial charge in [-0.15, -0.1) is 0 Å². The minimum absolute atomic E-state index is 0.0209. The Balaban J connectivity index is 1.97. The minimum atomic E-state index is -0.392. The van der Waals surface area contributed by atoms with Crippen molar-refractivity contribution in [2.24, 2.45) is 4.99 Å². The van der Waals surface area contributed by atoms with Crippen molar-refractivity contribution in [1.29, 1.82) is 0 Å². The van der Waals surface area contributed by atoms with Gasteiger partial charge >= 0.3 is 5.70 Å². The van der Waals surface area contributed by atoms with E-state index in [0.717, 1.165) is 17.7 Å². The number of nitro groups is 1. The van der Waals surface area contributed by atoms with Crippen LogP contribution in [0.5, 0.6) is 5.75 Å². The molecule has 2 aliphatic rings. The smallest absolute Gasteiger partial charge is 0.312 e. The highest BCUT2D eigenvalue weighted by Gasteiger charge is 2.35. The molecule has 22 heavy (non-hydrogen) atoms. The normalized spacial score (nSPS) is 20.5. The van der Waals surface area contributed by atoms with Crippen molar-refractivity contribution >= 4 is 21.8 Å². The Bertz CT molecular complexity index is 694. The maximum atomic E-state index is 11.2. The number of hydrogen-bond donors (Lipinski definition) is 0. The molecule has 0 aliphatic carbocycles. The lowest BCUT2D eigenvalue weighted by atomic mass is 9.99. The predicted octanol–water partition coefficient (Wildman–Crippen LogP) is 3.25. The Kier molecular flexibility index (Phi) is 3.98. The maximum Gasteiger partial charge on any atom is 0.312 e. The lowest BCUT2D eigenvalue weighted by Crippen LogP contribution is -2.39. The summed E-state index contributed by atoms with van der Waals surface area (Å²) in [4.78, 5) is 17.1. The number of aliphatic imine (C=N–C) groups is 1. The molecule has 0 amide bonds. The summed E-state index contributed by atoms with van der Waals surface area (Å²) in [6.45, 7) is 0.569. The fourth-order valence-corrected chi connectivity index (χ4v) is 3.12. The first-order valence-corrected chi connectivity index (χ1v) is 7.60. The van der Waals surface area contributed by atoms with Crippen molar-refractivity contribution in [2.45, 2.75) is 12.5 Å². The van der Waals surface area contributed by atoms with Crippen molar-refractivity contribution in [2.75, 3.05) is 13.7 Å². The molecule has 0 saturated carbocycles. The van der Waals surface area contributed by atoms with Gasteiger partial charge in [-0.05, 0) is 40.0 Å². The van der Waals surface area contributed by atoms with Crippen LogP contribution in [-0.4, -0.2) is 29.3 Å². The van der Waals surface area contributed by atoms with Gasteiger partial charge < -0.3 is 9.64 Å². The zero-order valence-electron chi connectivity index (χ0n) is 11.9. The topological polar surface area (TPSA) is 68.0 Å². The summed E-state index contributed by atoms with van der Waals surface area (Å²) in [5, 5.41) is 11.2. The van der Waals surface area contributed by atoms with Gasteiger partial charge in [0.1, 0.15) is 5.75 Å². The van der Waals surface area contributed by atoms with E-state index in [4.69, 9.17) is 4.74 Å². The quantitative estimate of drug-likeness (QED) is 0.610. The van der Waals surface area contributed by atoms with E-state index in [1.165, 1.54) is 6.08 Å². The van der Waals surface area contributed by atoms with Crippen LogP contribution in [0.2, 0.25) is 0 Å². The number of benzene rings is 1. The van der Waals surface area contributed by atoms with Crippen LogP contribution in [0, 0.1) is 10.1 Å². The first-order valence-electron chi connectivity index (χ1n) is 6.80. The highest BCUT2D eigenvalue weighted by atomic mass is 79.9. The van der Waals surface area contributed by atoms with Gasteiger partial charge in [0.15, 0.2) is 0 Å². The van der Waals surface area contributed by atoms with Crippen molar-refractivity contribution < 1.29 is 9.66 Å². The van der Waals surface area contributed by atoms with Crippen LogP contribution in [0.1, 0.15) is 18.0 Å². The van der Waals surface area contributed by atoms with E-state index in [-0.39, 0.29) is 11.7 Å². The van der Waals surface area contributed by atoms with E-state index in [9.17, 15) is 10.1 Å². The van der Waals surface area contributed by atoms with Crippen LogP contribution in [0.3, 0.4) is 0 Å². The Hall–Kier alpha value is -2.15. The fourth-order valence-electron chi connectivity index (χ4n) is 2.68. The number of amidine groups is 1. The second kappa shape index (κ2) is 5.92. The van der Waals surface area contributed by atoms with Crippen LogP contribution < -0.4 is 4.74 Å². The van der Waals surface area contributed by atoms with Gasteiger partial charge in [-0.25, -0.2) is 0 Å². The number of halogens is 1. The standard InChI is InChI=1S/C15H14BrN3O3/c1-22-12-4-2-10(3-5-12)13-6-7-17-15-14(19(20)21)8-11(16)9-18(13)15/h2-5,8-9,13H,6-7H2,1H3. The van der Waals surface area contributed by atoms with Crippen LogP contribution in [0.4, 0.5) is 0 Å². The second-order valence-corrected chi connectivity index (χ2v) is 5.91. The summed E-state index contributed by atoms with van der Waals surface area (Å²) >= 11 is 3.35. The predicted molar refractivity (Wildman–Crippen MR) is 86.6 cm³/mol. The van der Waals surface area contributed by atoms with E-state index in [0.29, 0.717) is 16.9 Å². The minimum Gasteiger partial charge on any atom is -0.497 e. The van der Waals surface area contributed by atoms with Gasteiger partial charge in [0.25, 0.3) is 0 Å². The number of hydrogen-bond acceptors (Lipinski definition) is 5. The number of fused-ring (bicyclic) bond motifs is 1. The molecule has 1 unspecified atom stereocenters. The van der Waals surface area contributed by atoms with E-state index >= 15 is 0 Å². The summed E-state index contributed by atoms with van der Waals surface area (Å²) < 4.78 is 5.84. The molecule has 2 aliphatic heterocycles. The Morgan fingerprint density at radius 3 is 2.77 bits per heavy atom. The van der Waals surface area contributed by atoms with E-state index in [1.807, 2.05) is 35.4 Å². The molecule has 0 radical (unpaired) electrons. The molecule has 0 bridgehead atoms. The number of nitrogens with zero attached hydrogens (tertiary/aromatic N) is 3. The number of allylic oxidation sites excluding steroid dienone is 2. The summed E-state index contributed by atoms with van der Waals surface area (Å²) in [5.74, 6) is 1.20. The third-order valence-corrected chi connectivity index (χ3v) is 4.14. The average molecular weight is 364 g/mol. The second-order valence-electron chi connectivity index (χ2n) is 4.99.